The van der Waals surface area contributed by atoms with Gasteiger partial charge in [0.2, 0.25) is 11.8 Å². The maximum atomic E-state index is 13.1. The standard InChI is InChI=1S/C30H29N5O3/c1-19(21-6-4-3-5-7-21)33(2)16-20-12-24-15-31-18-35(24)27(13-20)22-8-9-25-23(14-22)17-34(30(25)38)26-10-11-28(36)32-29(26)37/h3-9,12-15,18-19,26H,10-11,16-17H2,1-2H3,(H,32,36,37). The summed E-state index contributed by atoms with van der Waals surface area (Å²) in [5.41, 5.74) is 6.89. The van der Waals surface area contributed by atoms with Crippen LogP contribution >= 0.6 is 0 Å². The Balaban J connectivity index is 1.29. The van der Waals surface area contributed by atoms with Gasteiger partial charge in [0.25, 0.3) is 5.91 Å². The highest BCUT2D eigenvalue weighted by molar-refractivity contribution is 6.05. The Labute approximate surface area is 220 Å². The number of hydrogen-bond donors (Lipinski definition) is 1. The number of fused-ring (bicyclic) bond motifs is 2. The quantitative estimate of drug-likeness (QED) is 0.400. The van der Waals surface area contributed by atoms with E-state index in [0.717, 1.165) is 28.9 Å². The van der Waals surface area contributed by atoms with E-state index in [1.165, 1.54) is 11.1 Å². The van der Waals surface area contributed by atoms with Crippen molar-refractivity contribution in [3.05, 3.63) is 95.4 Å². The Morgan fingerprint density at radius 1 is 1.08 bits per heavy atom. The van der Waals surface area contributed by atoms with Crippen LogP contribution in [0.4, 0.5) is 0 Å². The zero-order chi connectivity index (χ0) is 26.4. The molecule has 4 aromatic rings. The Kier molecular flexibility index (Phi) is 6.04. The lowest BCUT2D eigenvalue weighted by Crippen LogP contribution is -2.52. The van der Waals surface area contributed by atoms with Gasteiger partial charge in [0.05, 0.1) is 23.7 Å². The molecule has 3 amide bonds. The summed E-state index contributed by atoms with van der Waals surface area (Å²) in [4.78, 5) is 45.4. The molecule has 192 valence electrons. The topological polar surface area (TPSA) is 87.0 Å². The van der Waals surface area contributed by atoms with E-state index < -0.39 is 11.9 Å². The Hall–Kier alpha value is -4.30. The molecule has 2 aromatic heterocycles. The molecule has 4 heterocycles. The van der Waals surface area contributed by atoms with Crippen molar-refractivity contribution in [2.24, 2.45) is 0 Å². The summed E-state index contributed by atoms with van der Waals surface area (Å²) in [6, 6.07) is 20.3. The van der Waals surface area contributed by atoms with Crippen LogP contribution in [-0.4, -0.2) is 50.0 Å². The van der Waals surface area contributed by atoms with Gasteiger partial charge < -0.3 is 4.90 Å². The molecule has 2 aliphatic rings. The maximum absolute atomic E-state index is 13.1. The first kappa shape index (κ1) is 24.1. The molecule has 0 spiro atoms. The lowest BCUT2D eigenvalue weighted by molar-refractivity contribution is -0.136. The number of rotatable bonds is 6. The van der Waals surface area contributed by atoms with Gasteiger partial charge >= 0.3 is 0 Å². The number of nitrogens with one attached hydrogen (secondary N) is 1. The fourth-order valence-corrected chi connectivity index (χ4v) is 5.55. The smallest absolute Gasteiger partial charge is 0.255 e. The third-order valence-corrected chi connectivity index (χ3v) is 7.78. The minimum atomic E-state index is -0.623. The molecular weight excluding hydrogens is 478 g/mol. The largest absolute Gasteiger partial charge is 0.322 e. The third-order valence-electron chi connectivity index (χ3n) is 7.78. The second kappa shape index (κ2) is 9.54. The summed E-state index contributed by atoms with van der Waals surface area (Å²) >= 11 is 0. The normalized spacial score (nSPS) is 18.2. The molecule has 38 heavy (non-hydrogen) atoms. The number of piperidine rings is 1. The van der Waals surface area contributed by atoms with E-state index >= 15 is 0 Å². The summed E-state index contributed by atoms with van der Waals surface area (Å²) in [6.45, 7) is 3.31. The SMILES string of the molecule is CC(c1ccccc1)N(C)Cc1cc(-c2ccc3c(c2)CN(C2CCC(=O)NC2=O)C3=O)n2cncc2c1. The van der Waals surface area contributed by atoms with Crippen molar-refractivity contribution in [2.75, 3.05) is 7.05 Å². The molecule has 6 rings (SSSR count). The van der Waals surface area contributed by atoms with Crippen LogP contribution in [0.25, 0.3) is 16.8 Å². The van der Waals surface area contributed by atoms with Crippen LogP contribution in [0.2, 0.25) is 0 Å². The molecule has 0 bridgehead atoms. The van der Waals surface area contributed by atoms with Crippen molar-refractivity contribution in [2.45, 2.75) is 44.9 Å². The number of imidazole rings is 1. The van der Waals surface area contributed by atoms with Gasteiger partial charge in [0, 0.05) is 31.1 Å². The van der Waals surface area contributed by atoms with Gasteiger partial charge in [-0.1, -0.05) is 36.4 Å². The van der Waals surface area contributed by atoms with Crippen LogP contribution in [0.5, 0.6) is 0 Å². The minimum Gasteiger partial charge on any atom is -0.322 e. The van der Waals surface area contributed by atoms with E-state index in [1.54, 1.807) is 11.2 Å². The number of carbonyl (C=O) groups excluding carboxylic acids is 3. The van der Waals surface area contributed by atoms with E-state index in [4.69, 9.17) is 0 Å². The van der Waals surface area contributed by atoms with Gasteiger partial charge in [0.1, 0.15) is 6.04 Å². The summed E-state index contributed by atoms with van der Waals surface area (Å²) in [7, 11) is 2.13. The molecule has 2 aromatic carbocycles. The van der Waals surface area contributed by atoms with Crippen molar-refractivity contribution in [1.82, 2.24) is 24.5 Å². The monoisotopic (exact) mass is 507 g/mol. The van der Waals surface area contributed by atoms with E-state index in [9.17, 15) is 14.4 Å². The van der Waals surface area contributed by atoms with Gasteiger partial charge in [-0.25, -0.2) is 4.98 Å². The average Bonchev–Trinajstić information content (AvgIpc) is 3.52. The molecule has 2 aliphatic heterocycles. The highest BCUT2D eigenvalue weighted by Crippen LogP contribution is 2.32. The molecule has 8 heteroatoms. The van der Waals surface area contributed by atoms with E-state index in [2.05, 4.69) is 70.0 Å². The van der Waals surface area contributed by atoms with Crippen molar-refractivity contribution in [3.8, 4) is 11.3 Å². The first-order valence-corrected chi connectivity index (χ1v) is 12.9. The second-order valence-corrected chi connectivity index (χ2v) is 10.2. The lowest BCUT2D eigenvalue weighted by atomic mass is 10.0. The van der Waals surface area contributed by atoms with Gasteiger partial charge in [0.15, 0.2) is 0 Å². The Morgan fingerprint density at radius 2 is 1.89 bits per heavy atom. The van der Waals surface area contributed by atoms with Crippen molar-refractivity contribution >= 4 is 23.2 Å². The molecule has 8 nitrogen and oxygen atoms in total. The number of aromatic nitrogens is 2. The van der Waals surface area contributed by atoms with Crippen molar-refractivity contribution < 1.29 is 14.4 Å². The van der Waals surface area contributed by atoms with Gasteiger partial charge in [-0.05, 0) is 66.9 Å². The summed E-state index contributed by atoms with van der Waals surface area (Å²) < 4.78 is 2.06. The van der Waals surface area contributed by atoms with Gasteiger partial charge in [-0.15, -0.1) is 0 Å². The Morgan fingerprint density at radius 3 is 2.68 bits per heavy atom. The predicted molar refractivity (Wildman–Crippen MR) is 143 cm³/mol. The van der Waals surface area contributed by atoms with E-state index in [1.807, 2.05) is 30.5 Å². The molecule has 0 radical (unpaired) electrons. The van der Waals surface area contributed by atoms with Crippen LogP contribution in [0, 0.1) is 0 Å². The molecule has 2 atom stereocenters. The minimum absolute atomic E-state index is 0.167. The fourth-order valence-electron chi connectivity index (χ4n) is 5.55. The number of carbonyl (C=O) groups is 3. The zero-order valence-corrected chi connectivity index (χ0v) is 21.4. The van der Waals surface area contributed by atoms with Crippen LogP contribution in [0.15, 0.2) is 73.2 Å². The number of benzene rings is 2. The van der Waals surface area contributed by atoms with E-state index in [-0.39, 0.29) is 24.3 Å². The number of imide groups is 1. The van der Waals surface area contributed by atoms with Crippen LogP contribution in [-0.2, 0) is 22.7 Å². The number of pyridine rings is 1. The molecular formula is C30H29N5O3. The van der Waals surface area contributed by atoms with Crippen molar-refractivity contribution in [3.63, 3.8) is 0 Å². The second-order valence-electron chi connectivity index (χ2n) is 10.2. The van der Waals surface area contributed by atoms with Crippen LogP contribution < -0.4 is 5.32 Å². The summed E-state index contributed by atoms with van der Waals surface area (Å²) in [5.74, 6) is -0.853. The predicted octanol–water partition coefficient (Wildman–Crippen LogP) is 3.96. The molecule has 1 fully saturated rings. The zero-order valence-electron chi connectivity index (χ0n) is 21.4. The molecule has 2 unspecified atom stereocenters. The first-order valence-electron chi connectivity index (χ1n) is 12.9. The van der Waals surface area contributed by atoms with Gasteiger partial charge in [-0.2, -0.15) is 0 Å². The number of nitrogens with zero attached hydrogens (tertiary/aromatic N) is 4. The molecule has 1 saturated heterocycles. The summed E-state index contributed by atoms with van der Waals surface area (Å²) in [6.07, 6.45) is 4.25. The first-order chi connectivity index (χ1) is 18.4. The Bertz CT molecular complexity index is 1560. The van der Waals surface area contributed by atoms with Crippen LogP contribution in [0.1, 0.15) is 52.9 Å². The molecule has 0 aliphatic carbocycles. The average molecular weight is 508 g/mol. The number of amides is 3. The highest BCUT2D eigenvalue weighted by atomic mass is 16.2. The summed E-state index contributed by atoms with van der Waals surface area (Å²) in [5, 5.41) is 2.36. The van der Waals surface area contributed by atoms with Crippen LogP contribution in [0.3, 0.4) is 0 Å². The molecule has 1 N–H and O–H groups in total. The lowest BCUT2D eigenvalue weighted by Gasteiger charge is -2.29. The molecule has 0 saturated carbocycles. The van der Waals surface area contributed by atoms with Crippen molar-refractivity contribution in [1.29, 1.82) is 0 Å². The fraction of sp³-hybridized carbons (Fsp3) is 0.267. The van der Waals surface area contributed by atoms with Gasteiger partial charge in [-0.3, -0.25) is 29.0 Å². The highest BCUT2D eigenvalue weighted by Gasteiger charge is 2.39. The maximum Gasteiger partial charge on any atom is 0.255 e. The van der Waals surface area contributed by atoms with E-state index in [0.29, 0.717) is 18.5 Å². The number of hydrogen-bond acceptors (Lipinski definition) is 5. The third kappa shape index (κ3) is 4.26.